The lowest BCUT2D eigenvalue weighted by molar-refractivity contribution is 0.350. The highest BCUT2D eigenvalue weighted by atomic mass is 79.9. The molecule has 0 aliphatic heterocycles. The van der Waals surface area contributed by atoms with Crippen molar-refractivity contribution >= 4 is 15.9 Å². The number of ether oxygens (including phenoxy) is 2. The van der Waals surface area contributed by atoms with Crippen LogP contribution in [0.1, 0.15) is 11.1 Å². The van der Waals surface area contributed by atoms with E-state index in [1.165, 1.54) is 0 Å². The number of nitrogens with zero attached hydrogens (tertiary/aromatic N) is 1. The standard InChI is InChI=1S/C15H17BrN2O2/c1-19-14-7-13(16)6-12(15(14)20-2)10-18-9-11-4-3-5-17-8-11/h3-8,18H,9-10H2,1-2H3. The summed E-state index contributed by atoms with van der Waals surface area (Å²) in [6, 6.07) is 7.89. The predicted octanol–water partition coefficient (Wildman–Crippen LogP) is 3.15. The third kappa shape index (κ3) is 3.71. The van der Waals surface area contributed by atoms with Gasteiger partial charge < -0.3 is 14.8 Å². The third-order valence-corrected chi connectivity index (χ3v) is 3.35. The van der Waals surface area contributed by atoms with Crippen LogP contribution < -0.4 is 14.8 Å². The van der Waals surface area contributed by atoms with Crippen molar-refractivity contribution in [3.05, 3.63) is 52.3 Å². The van der Waals surface area contributed by atoms with Crippen LogP contribution in [0.2, 0.25) is 0 Å². The van der Waals surface area contributed by atoms with Crippen molar-refractivity contribution in [2.75, 3.05) is 14.2 Å². The van der Waals surface area contributed by atoms with Gasteiger partial charge in [0.25, 0.3) is 0 Å². The maximum Gasteiger partial charge on any atom is 0.165 e. The third-order valence-electron chi connectivity index (χ3n) is 2.89. The van der Waals surface area contributed by atoms with Crippen LogP contribution in [-0.4, -0.2) is 19.2 Å². The molecule has 0 aliphatic carbocycles. The molecule has 0 saturated carbocycles. The number of hydrogen-bond donors (Lipinski definition) is 1. The van der Waals surface area contributed by atoms with Crippen molar-refractivity contribution in [3.8, 4) is 11.5 Å². The van der Waals surface area contributed by atoms with Gasteiger partial charge in [-0.3, -0.25) is 4.98 Å². The normalized spacial score (nSPS) is 10.3. The summed E-state index contributed by atoms with van der Waals surface area (Å²) in [7, 11) is 3.29. The maximum atomic E-state index is 5.43. The summed E-state index contributed by atoms with van der Waals surface area (Å²) in [5.41, 5.74) is 2.19. The smallest absolute Gasteiger partial charge is 0.165 e. The van der Waals surface area contributed by atoms with Crippen LogP contribution in [0.15, 0.2) is 41.1 Å². The maximum absolute atomic E-state index is 5.43. The molecule has 0 atom stereocenters. The van der Waals surface area contributed by atoms with Crippen molar-refractivity contribution in [3.63, 3.8) is 0 Å². The number of aromatic nitrogens is 1. The number of halogens is 1. The van der Waals surface area contributed by atoms with E-state index in [9.17, 15) is 0 Å². The molecule has 106 valence electrons. The molecule has 0 spiro atoms. The molecular formula is C15H17BrN2O2. The molecule has 0 fully saturated rings. The number of nitrogens with one attached hydrogen (secondary N) is 1. The molecule has 1 heterocycles. The first-order valence-corrected chi connectivity index (χ1v) is 7.04. The molecule has 5 heteroatoms. The molecule has 20 heavy (non-hydrogen) atoms. The highest BCUT2D eigenvalue weighted by Gasteiger charge is 2.11. The number of methoxy groups -OCH3 is 2. The van der Waals surface area contributed by atoms with Gasteiger partial charge in [0.1, 0.15) is 0 Å². The first kappa shape index (κ1) is 14.8. The average Bonchev–Trinajstić information content (AvgIpc) is 2.47. The van der Waals surface area contributed by atoms with Crippen LogP contribution in [0.4, 0.5) is 0 Å². The van der Waals surface area contributed by atoms with Crippen LogP contribution in [0.3, 0.4) is 0 Å². The highest BCUT2D eigenvalue weighted by Crippen LogP contribution is 2.34. The molecule has 0 saturated heterocycles. The molecule has 0 aliphatic rings. The second kappa shape index (κ2) is 7.26. The largest absolute Gasteiger partial charge is 0.493 e. The van der Waals surface area contributed by atoms with Crippen LogP contribution in [0, 0.1) is 0 Å². The zero-order valence-corrected chi connectivity index (χ0v) is 13.1. The van der Waals surface area contributed by atoms with Crippen molar-refractivity contribution < 1.29 is 9.47 Å². The highest BCUT2D eigenvalue weighted by molar-refractivity contribution is 9.10. The second-order valence-corrected chi connectivity index (χ2v) is 5.18. The second-order valence-electron chi connectivity index (χ2n) is 4.27. The van der Waals surface area contributed by atoms with E-state index in [0.717, 1.165) is 33.6 Å². The minimum Gasteiger partial charge on any atom is -0.493 e. The van der Waals surface area contributed by atoms with Gasteiger partial charge in [-0.15, -0.1) is 0 Å². The van der Waals surface area contributed by atoms with E-state index in [0.29, 0.717) is 6.54 Å². The van der Waals surface area contributed by atoms with E-state index in [1.54, 1.807) is 20.4 Å². The summed E-state index contributed by atoms with van der Waals surface area (Å²) < 4.78 is 11.7. The lowest BCUT2D eigenvalue weighted by Gasteiger charge is -2.14. The van der Waals surface area contributed by atoms with Crippen LogP contribution >= 0.6 is 15.9 Å². The quantitative estimate of drug-likeness (QED) is 0.879. The van der Waals surface area contributed by atoms with Gasteiger partial charge in [-0.2, -0.15) is 0 Å². The predicted molar refractivity (Wildman–Crippen MR) is 82.0 cm³/mol. The van der Waals surface area contributed by atoms with Gasteiger partial charge in [0, 0.05) is 35.5 Å². The zero-order valence-electron chi connectivity index (χ0n) is 11.5. The summed E-state index contributed by atoms with van der Waals surface area (Å²) in [6.45, 7) is 1.44. The summed E-state index contributed by atoms with van der Waals surface area (Å²) in [4.78, 5) is 4.09. The van der Waals surface area contributed by atoms with Gasteiger partial charge in [0.2, 0.25) is 0 Å². The number of hydrogen-bond acceptors (Lipinski definition) is 4. The lowest BCUT2D eigenvalue weighted by atomic mass is 10.1. The Morgan fingerprint density at radius 2 is 2.05 bits per heavy atom. The monoisotopic (exact) mass is 336 g/mol. The topological polar surface area (TPSA) is 43.4 Å². The number of benzene rings is 1. The summed E-state index contributed by atoms with van der Waals surface area (Å²) in [5.74, 6) is 1.48. The van der Waals surface area contributed by atoms with Crippen molar-refractivity contribution in [1.82, 2.24) is 10.3 Å². The van der Waals surface area contributed by atoms with E-state index >= 15 is 0 Å². The molecule has 1 aromatic heterocycles. The Bertz CT molecular complexity index is 561. The van der Waals surface area contributed by atoms with Crippen LogP contribution in [0.25, 0.3) is 0 Å². The Balaban J connectivity index is 2.07. The fourth-order valence-electron chi connectivity index (χ4n) is 1.98. The van der Waals surface area contributed by atoms with E-state index in [4.69, 9.17) is 9.47 Å². The SMILES string of the molecule is COc1cc(Br)cc(CNCc2cccnc2)c1OC. The Hall–Kier alpha value is -1.59. The van der Waals surface area contributed by atoms with E-state index in [-0.39, 0.29) is 0 Å². The molecule has 0 unspecified atom stereocenters. The molecule has 0 amide bonds. The molecule has 2 aromatic rings. The minimum absolute atomic E-state index is 0.688. The fourth-order valence-corrected chi connectivity index (χ4v) is 2.47. The van der Waals surface area contributed by atoms with Crippen LogP contribution in [-0.2, 0) is 13.1 Å². The first-order valence-electron chi connectivity index (χ1n) is 6.24. The Morgan fingerprint density at radius 3 is 2.70 bits per heavy atom. The van der Waals surface area contributed by atoms with Crippen LogP contribution in [0.5, 0.6) is 11.5 Å². The van der Waals surface area contributed by atoms with Gasteiger partial charge in [-0.25, -0.2) is 0 Å². The van der Waals surface area contributed by atoms with Gasteiger partial charge in [0.05, 0.1) is 14.2 Å². The van der Waals surface area contributed by atoms with Crippen molar-refractivity contribution in [2.45, 2.75) is 13.1 Å². The number of pyridine rings is 1. The van der Waals surface area contributed by atoms with E-state index in [2.05, 4.69) is 26.2 Å². The molecular weight excluding hydrogens is 320 g/mol. The van der Waals surface area contributed by atoms with Crippen molar-refractivity contribution in [2.24, 2.45) is 0 Å². The molecule has 1 N–H and O–H groups in total. The van der Waals surface area contributed by atoms with Gasteiger partial charge >= 0.3 is 0 Å². The van der Waals surface area contributed by atoms with Gasteiger partial charge in [-0.05, 0) is 23.8 Å². The Morgan fingerprint density at radius 1 is 1.20 bits per heavy atom. The summed E-state index contributed by atoms with van der Waals surface area (Å²) in [5, 5.41) is 3.37. The molecule has 4 nitrogen and oxygen atoms in total. The average molecular weight is 337 g/mol. The minimum atomic E-state index is 0.688. The molecule has 2 rings (SSSR count). The van der Waals surface area contributed by atoms with Gasteiger partial charge in [0.15, 0.2) is 11.5 Å². The summed E-state index contributed by atoms with van der Waals surface area (Å²) in [6.07, 6.45) is 3.62. The van der Waals surface area contributed by atoms with Gasteiger partial charge in [-0.1, -0.05) is 22.0 Å². The molecule has 0 bridgehead atoms. The fraction of sp³-hybridized carbons (Fsp3) is 0.267. The zero-order chi connectivity index (χ0) is 14.4. The Kier molecular flexibility index (Phi) is 5.38. The first-order chi connectivity index (χ1) is 9.74. The lowest BCUT2D eigenvalue weighted by Crippen LogP contribution is -2.13. The number of rotatable bonds is 6. The van der Waals surface area contributed by atoms with E-state index < -0.39 is 0 Å². The molecule has 1 aromatic carbocycles. The van der Waals surface area contributed by atoms with Crippen molar-refractivity contribution in [1.29, 1.82) is 0 Å². The summed E-state index contributed by atoms with van der Waals surface area (Å²) >= 11 is 3.48. The van der Waals surface area contributed by atoms with E-state index in [1.807, 2.05) is 30.5 Å². The molecule has 0 radical (unpaired) electrons. The Labute approximate surface area is 127 Å².